The zero-order valence-corrected chi connectivity index (χ0v) is 8.78. The van der Waals surface area contributed by atoms with Gasteiger partial charge in [-0.1, -0.05) is 0 Å². The molecule has 0 unspecified atom stereocenters. The molecule has 0 bridgehead atoms. The SMILES string of the molecule is CN(C)c1nc(Cl)nc(N(C)[C]=O)n1. The van der Waals surface area contributed by atoms with Gasteiger partial charge in [0.05, 0.1) is 0 Å². The average molecular weight is 215 g/mol. The third-order valence-electron chi connectivity index (χ3n) is 1.42. The highest BCUT2D eigenvalue weighted by Gasteiger charge is 2.09. The summed E-state index contributed by atoms with van der Waals surface area (Å²) in [5.41, 5.74) is 0. The molecular formula is C7H9ClN5O. The van der Waals surface area contributed by atoms with Crippen LogP contribution in [0.15, 0.2) is 0 Å². The van der Waals surface area contributed by atoms with Gasteiger partial charge in [-0.2, -0.15) is 15.0 Å². The molecule has 1 heterocycles. The van der Waals surface area contributed by atoms with Crippen molar-refractivity contribution >= 4 is 29.9 Å². The monoisotopic (exact) mass is 214 g/mol. The van der Waals surface area contributed by atoms with Crippen LogP contribution in [-0.4, -0.2) is 42.5 Å². The maximum Gasteiger partial charge on any atom is 0.319 e. The minimum Gasteiger partial charge on any atom is -0.347 e. The average Bonchev–Trinajstić information content (AvgIpc) is 2.15. The molecule has 0 fully saturated rings. The Morgan fingerprint density at radius 3 is 2.21 bits per heavy atom. The standard InChI is InChI=1S/C7H9ClN5O/c1-12(2)6-9-5(8)10-7(11-6)13(3)4-14/h1-3H3. The van der Waals surface area contributed by atoms with Crippen molar-refractivity contribution in [3.05, 3.63) is 5.28 Å². The van der Waals surface area contributed by atoms with Gasteiger partial charge >= 0.3 is 6.41 Å². The predicted octanol–water partition coefficient (Wildman–Crippen LogP) is 0.0944. The summed E-state index contributed by atoms with van der Waals surface area (Å²) < 4.78 is 0. The fourth-order valence-electron chi connectivity index (χ4n) is 0.720. The lowest BCUT2D eigenvalue weighted by molar-refractivity contribution is 0.553. The first kappa shape index (κ1) is 10.6. The van der Waals surface area contributed by atoms with E-state index in [1.165, 1.54) is 7.05 Å². The van der Waals surface area contributed by atoms with Crippen LogP contribution in [0.2, 0.25) is 5.28 Å². The highest BCUT2D eigenvalue weighted by atomic mass is 35.5. The Morgan fingerprint density at radius 2 is 1.71 bits per heavy atom. The summed E-state index contributed by atoms with van der Waals surface area (Å²) in [5.74, 6) is 0.561. The number of hydrogen-bond donors (Lipinski definition) is 0. The molecule has 1 radical (unpaired) electrons. The highest BCUT2D eigenvalue weighted by molar-refractivity contribution is 6.28. The fourth-order valence-corrected chi connectivity index (χ4v) is 0.871. The summed E-state index contributed by atoms with van der Waals surface area (Å²) in [6.45, 7) is 0. The largest absolute Gasteiger partial charge is 0.347 e. The first-order valence-corrected chi connectivity index (χ1v) is 4.13. The van der Waals surface area contributed by atoms with Crippen molar-refractivity contribution in [1.82, 2.24) is 15.0 Å². The number of nitrogens with zero attached hydrogens (tertiary/aromatic N) is 5. The number of carbonyl (C=O) groups excluding carboxylic acids is 1. The summed E-state index contributed by atoms with van der Waals surface area (Å²) in [7, 11) is 5.01. The van der Waals surface area contributed by atoms with Gasteiger partial charge in [-0.25, -0.2) is 0 Å². The van der Waals surface area contributed by atoms with Gasteiger partial charge in [0, 0.05) is 21.1 Å². The maximum absolute atomic E-state index is 10.3. The van der Waals surface area contributed by atoms with Crippen molar-refractivity contribution in [3.8, 4) is 0 Å². The highest BCUT2D eigenvalue weighted by Crippen LogP contribution is 2.12. The van der Waals surface area contributed by atoms with Crippen LogP contribution in [0.5, 0.6) is 0 Å². The Balaban J connectivity index is 3.13. The van der Waals surface area contributed by atoms with Crippen LogP contribution in [0, 0.1) is 0 Å². The molecule has 0 atom stereocenters. The lowest BCUT2D eigenvalue weighted by Crippen LogP contribution is -2.20. The topological polar surface area (TPSA) is 62.2 Å². The van der Waals surface area contributed by atoms with Crippen LogP contribution in [-0.2, 0) is 4.79 Å². The molecule has 0 aliphatic rings. The molecule has 0 N–H and O–H groups in total. The zero-order chi connectivity index (χ0) is 10.7. The van der Waals surface area contributed by atoms with E-state index in [9.17, 15) is 4.79 Å². The molecule has 1 amide bonds. The number of anilines is 2. The molecule has 0 aliphatic carbocycles. The van der Waals surface area contributed by atoms with E-state index in [-0.39, 0.29) is 11.2 Å². The number of halogens is 1. The molecule has 75 valence electrons. The van der Waals surface area contributed by atoms with Crippen LogP contribution >= 0.6 is 11.6 Å². The van der Waals surface area contributed by atoms with Crippen molar-refractivity contribution in [2.45, 2.75) is 0 Å². The smallest absolute Gasteiger partial charge is 0.319 e. The van der Waals surface area contributed by atoms with Gasteiger partial charge in [0.15, 0.2) is 0 Å². The van der Waals surface area contributed by atoms with E-state index in [1.54, 1.807) is 25.4 Å². The Morgan fingerprint density at radius 1 is 1.14 bits per heavy atom. The minimum absolute atomic E-state index is 0.0424. The Kier molecular flexibility index (Phi) is 3.19. The lowest BCUT2D eigenvalue weighted by Gasteiger charge is -2.13. The summed E-state index contributed by atoms with van der Waals surface area (Å²) in [5, 5.41) is 0.0424. The molecule has 14 heavy (non-hydrogen) atoms. The van der Waals surface area contributed by atoms with E-state index in [1.807, 2.05) is 0 Å². The fraction of sp³-hybridized carbons (Fsp3) is 0.429. The van der Waals surface area contributed by atoms with Gasteiger partial charge in [0.25, 0.3) is 0 Å². The second-order valence-electron chi connectivity index (χ2n) is 2.75. The lowest BCUT2D eigenvalue weighted by atomic mass is 10.7. The molecular weight excluding hydrogens is 206 g/mol. The van der Waals surface area contributed by atoms with Crippen LogP contribution in [0.3, 0.4) is 0 Å². The van der Waals surface area contributed by atoms with Crippen molar-refractivity contribution < 1.29 is 4.79 Å². The van der Waals surface area contributed by atoms with Gasteiger partial charge < -0.3 is 4.90 Å². The molecule has 7 heteroatoms. The van der Waals surface area contributed by atoms with Crippen molar-refractivity contribution in [2.24, 2.45) is 0 Å². The Bertz CT molecular complexity index is 343. The van der Waals surface area contributed by atoms with Gasteiger partial charge in [0.2, 0.25) is 17.2 Å². The number of rotatable bonds is 3. The van der Waals surface area contributed by atoms with E-state index in [0.717, 1.165) is 4.90 Å². The van der Waals surface area contributed by atoms with Gasteiger partial charge in [-0.3, -0.25) is 9.69 Å². The van der Waals surface area contributed by atoms with Gasteiger partial charge in [-0.05, 0) is 11.6 Å². The van der Waals surface area contributed by atoms with Crippen LogP contribution in [0.1, 0.15) is 0 Å². The first-order chi connectivity index (χ1) is 6.54. The van der Waals surface area contributed by atoms with E-state index >= 15 is 0 Å². The number of hydrogen-bond acceptors (Lipinski definition) is 5. The first-order valence-electron chi connectivity index (χ1n) is 3.75. The molecule has 0 saturated heterocycles. The van der Waals surface area contributed by atoms with E-state index in [4.69, 9.17) is 11.6 Å². The van der Waals surface area contributed by atoms with E-state index in [2.05, 4.69) is 15.0 Å². The summed E-state index contributed by atoms with van der Waals surface area (Å²) in [4.78, 5) is 24.7. The second-order valence-corrected chi connectivity index (χ2v) is 3.09. The van der Waals surface area contributed by atoms with Crippen LogP contribution in [0.4, 0.5) is 11.9 Å². The normalized spacial score (nSPS) is 9.71. The Hall–Kier alpha value is -1.43. The third-order valence-corrected chi connectivity index (χ3v) is 1.59. The van der Waals surface area contributed by atoms with Crippen molar-refractivity contribution in [1.29, 1.82) is 0 Å². The third kappa shape index (κ3) is 2.29. The molecule has 1 rings (SSSR count). The summed E-state index contributed by atoms with van der Waals surface area (Å²) in [6.07, 6.45) is 1.63. The molecule has 0 aliphatic heterocycles. The molecule has 0 saturated carbocycles. The summed E-state index contributed by atoms with van der Waals surface area (Å²) >= 11 is 5.65. The van der Waals surface area contributed by atoms with Gasteiger partial charge in [-0.15, -0.1) is 0 Å². The molecule has 0 spiro atoms. The van der Waals surface area contributed by atoms with Crippen molar-refractivity contribution in [3.63, 3.8) is 0 Å². The van der Waals surface area contributed by atoms with Crippen LogP contribution < -0.4 is 9.80 Å². The predicted molar refractivity (Wildman–Crippen MR) is 53.3 cm³/mol. The van der Waals surface area contributed by atoms with Crippen molar-refractivity contribution in [2.75, 3.05) is 30.9 Å². The second kappa shape index (κ2) is 4.19. The quantitative estimate of drug-likeness (QED) is 0.668. The summed E-state index contributed by atoms with van der Waals surface area (Å²) in [6, 6.07) is 0. The van der Waals surface area contributed by atoms with Gasteiger partial charge in [0.1, 0.15) is 0 Å². The van der Waals surface area contributed by atoms with Crippen LogP contribution in [0.25, 0.3) is 0 Å². The number of aromatic nitrogens is 3. The maximum atomic E-state index is 10.3. The molecule has 1 aromatic heterocycles. The van der Waals surface area contributed by atoms with E-state index in [0.29, 0.717) is 5.95 Å². The molecule has 0 aromatic carbocycles. The zero-order valence-electron chi connectivity index (χ0n) is 8.02. The minimum atomic E-state index is 0.0424. The molecule has 1 aromatic rings. The molecule has 6 nitrogen and oxygen atoms in total. The Labute approximate surface area is 86.5 Å². The number of amides is 1. The van der Waals surface area contributed by atoms with E-state index < -0.39 is 0 Å².